The highest BCUT2D eigenvalue weighted by molar-refractivity contribution is 6.01. The van der Waals surface area contributed by atoms with Gasteiger partial charge in [-0.05, 0) is 56.9 Å². The van der Waals surface area contributed by atoms with Crippen LogP contribution in [-0.2, 0) is 4.79 Å². The van der Waals surface area contributed by atoms with Gasteiger partial charge in [0.25, 0.3) is 5.91 Å². The van der Waals surface area contributed by atoms with Crippen LogP contribution in [0.1, 0.15) is 67.8 Å². The highest BCUT2D eigenvalue weighted by atomic mass is 16.5. The third-order valence-electron chi connectivity index (χ3n) is 8.64. The summed E-state index contributed by atoms with van der Waals surface area (Å²) in [5.74, 6) is 1.99. The predicted molar refractivity (Wildman–Crippen MR) is 160 cm³/mol. The normalized spacial score (nSPS) is 21.7. The van der Waals surface area contributed by atoms with Gasteiger partial charge in [-0.15, -0.1) is 0 Å². The third-order valence-corrected chi connectivity index (χ3v) is 8.64. The quantitative estimate of drug-likeness (QED) is 0.411. The van der Waals surface area contributed by atoms with Gasteiger partial charge in [0.15, 0.2) is 5.82 Å². The molecule has 1 aromatic heterocycles. The van der Waals surface area contributed by atoms with Crippen molar-refractivity contribution in [3.05, 3.63) is 65.9 Å². The zero-order chi connectivity index (χ0) is 28.7. The van der Waals surface area contributed by atoms with Gasteiger partial charge in [0, 0.05) is 37.2 Å². The van der Waals surface area contributed by atoms with Crippen molar-refractivity contribution in [2.24, 2.45) is 5.41 Å². The number of ether oxygens (including phenoxy) is 1. The molecular formula is C32H38N6O3. The lowest BCUT2D eigenvalue weighted by Crippen LogP contribution is -2.45. The van der Waals surface area contributed by atoms with Crippen LogP contribution in [0.4, 0.5) is 23.1 Å². The van der Waals surface area contributed by atoms with E-state index in [0.29, 0.717) is 47.1 Å². The monoisotopic (exact) mass is 554 g/mol. The fourth-order valence-corrected chi connectivity index (χ4v) is 6.26. The second-order valence-corrected chi connectivity index (χ2v) is 12.1. The van der Waals surface area contributed by atoms with E-state index in [-0.39, 0.29) is 17.9 Å². The molecule has 0 spiro atoms. The number of hydrogen-bond acceptors (Lipinski definition) is 7. The van der Waals surface area contributed by atoms with E-state index in [1.165, 1.54) is 18.4 Å². The molecule has 2 amide bonds. The van der Waals surface area contributed by atoms with Gasteiger partial charge in [-0.1, -0.05) is 43.2 Å². The van der Waals surface area contributed by atoms with E-state index in [2.05, 4.69) is 32.7 Å². The Kier molecular flexibility index (Phi) is 7.05. The van der Waals surface area contributed by atoms with Crippen molar-refractivity contribution in [2.75, 3.05) is 35.8 Å². The Hall–Kier alpha value is -4.14. The maximum atomic E-state index is 13.3. The van der Waals surface area contributed by atoms with Crippen LogP contribution in [0.3, 0.4) is 0 Å². The molecule has 3 aromatic rings. The summed E-state index contributed by atoms with van der Waals surface area (Å²) in [5.41, 5.74) is 2.60. The molecule has 0 saturated heterocycles. The molecule has 2 atom stereocenters. The van der Waals surface area contributed by atoms with Gasteiger partial charge in [0.2, 0.25) is 11.9 Å². The van der Waals surface area contributed by atoms with E-state index in [9.17, 15) is 9.59 Å². The molecule has 0 unspecified atom stereocenters. The maximum absolute atomic E-state index is 13.3. The second-order valence-electron chi connectivity index (χ2n) is 12.1. The number of hydrogen-bond donors (Lipinski definition) is 2. The Bertz CT molecular complexity index is 1450. The molecule has 1 aliphatic heterocycles. The Balaban J connectivity index is 1.22. The minimum atomic E-state index is -0.549. The maximum Gasteiger partial charge on any atom is 0.251 e. The molecule has 0 bridgehead atoms. The first kappa shape index (κ1) is 27.1. The van der Waals surface area contributed by atoms with Crippen molar-refractivity contribution < 1.29 is 14.3 Å². The molecule has 2 heterocycles. The number of nitrogens with zero attached hydrogens (tertiary/aromatic N) is 4. The topological polar surface area (TPSA) is 99.7 Å². The SMILES string of the molecule is COc1cc(C(=O)N[C@@H]2C[C@H]2c2ccccc2)ccc1Nc1ncc2c(n1)N(C1CCCC1)CC(C)(C)C(=O)N2C. The lowest BCUT2D eigenvalue weighted by molar-refractivity contribution is -0.125. The molecule has 9 heteroatoms. The molecule has 0 radical (unpaired) electrons. The molecule has 2 fully saturated rings. The molecular weight excluding hydrogens is 516 g/mol. The Morgan fingerprint density at radius 3 is 2.59 bits per heavy atom. The van der Waals surface area contributed by atoms with Crippen molar-refractivity contribution in [1.82, 2.24) is 15.3 Å². The smallest absolute Gasteiger partial charge is 0.251 e. The van der Waals surface area contributed by atoms with Crippen LogP contribution in [0.25, 0.3) is 0 Å². The van der Waals surface area contributed by atoms with Crippen LogP contribution in [0, 0.1) is 5.41 Å². The molecule has 3 aliphatic rings. The first-order valence-corrected chi connectivity index (χ1v) is 14.5. The summed E-state index contributed by atoms with van der Waals surface area (Å²) < 4.78 is 5.65. The number of benzene rings is 2. The number of fused-ring (bicyclic) bond motifs is 1. The molecule has 214 valence electrons. The summed E-state index contributed by atoms with van der Waals surface area (Å²) in [6.07, 6.45) is 7.20. The molecule has 2 aromatic carbocycles. The predicted octanol–water partition coefficient (Wildman–Crippen LogP) is 5.27. The highest BCUT2D eigenvalue weighted by Crippen LogP contribution is 2.42. The fraction of sp³-hybridized carbons (Fsp3) is 0.438. The number of carbonyl (C=O) groups is 2. The second kappa shape index (κ2) is 10.7. The first-order chi connectivity index (χ1) is 19.7. The molecule has 2 saturated carbocycles. The number of rotatable bonds is 7. The number of aromatic nitrogens is 2. The fourth-order valence-electron chi connectivity index (χ4n) is 6.26. The first-order valence-electron chi connectivity index (χ1n) is 14.5. The third kappa shape index (κ3) is 5.33. The lowest BCUT2D eigenvalue weighted by atomic mass is 9.91. The highest BCUT2D eigenvalue weighted by Gasteiger charge is 2.42. The van der Waals surface area contributed by atoms with Crippen LogP contribution in [-0.4, -0.2) is 54.6 Å². The van der Waals surface area contributed by atoms with Crippen molar-refractivity contribution in [3.63, 3.8) is 0 Å². The van der Waals surface area contributed by atoms with Crippen molar-refractivity contribution in [1.29, 1.82) is 0 Å². The van der Waals surface area contributed by atoms with Gasteiger partial charge in [-0.25, -0.2) is 4.98 Å². The van der Waals surface area contributed by atoms with Crippen molar-refractivity contribution in [2.45, 2.75) is 64.0 Å². The van der Waals surface area contributed by atoms with E-state index in [1.807, 2.05) is 38.1 Å². The Morgan fingerprint density at radius 1 is 1.10 bits per heavy atom. The van der Waals surface area contributed by atoms with Gasteiger partial charge >= 0.3 is 0 Å². The minimum Gasteiger partial charge on any atom is -0.495 e. The summed E-state index contributed by atoms with van der Waals surface area (Å²) >= 11 is 0. The zero-order valence-corrected chi connectivity index (χ0v) is 24.2. The van der Waals surface area contributed by atoms with E-state index in [4.69, 9.17) is 9.72 Å². The van der Waals surface area contributed by atoms with Crippen LogP contribution in [0.15, 0.2) is 54.7 Å². The van der Waals surface area contributed by atoms with Crippen molar-refractivity contribution in [3.8, 4) is 5.75 Å². The number of carbonyl (C=O) groups excluding carboxylic acids is 2. The van der Waals surface area contributed by atoms with Crippen LogP contribution in [0.2, 0.25) is 0 Å². The van der Waals surface area contributed by atoms with Gasteiger partial charge < -0.3 is 25.2 Å². The van der Waals surface area contributed by atoms with Crippen LogP contribution >= 0.6 is 0 Å². The summed E-state index contributed by atoms with van der Waals surface area (Å²) in [4.78, 5) is 39.8. The lowest BCUT2D eigenvalue weighted by Gasteiger charge is -2.34. The van der Waals surface area contributed by atoms with E-state index >= 15 is 0 Å². The minimum absolute atomic E-state index is 0.0559. The van der Waals surface area contributed by atoms with E-state index in [0.717, 1.165) is 25.1 Å². The average Bonchev–Trinajstić information content (AvgIpc) is 3.54. The van der Waals surface area contributed by atoms with Gasteiger partial charge in [-0.3, -0.25) is 9.59 Å². The van der Waals surface area contributed by atoms with Gasteiger partial charge in [-0.2, -0.15) is 4.98 Å². The largest absolute Gasteiger partial charge is 0.495 e. The van der Waals surface area contributed by atoms with E-state index < -0.39 is 5.41 Å². The van der Waals surface area contributed by atoms with Crippen molar-refractivity contribution >= 4 is 35.0 Å². The molecule has 41 heavy (non-hydrogen) atoms. The van der Waals surface area contributed by atoms with E-state index in [1.54, 1.807) is 37.4 Å². The summed E-state index contributed by atoms with van der Waals surface area (Å²) in [6.45, 7) is 4.60. The number of anilines is 4. The van der Waals surface area contributed by atoms with Crippen LogP contribution < -0.4 is 25.2 Å². The number of amides is 2. The number of methoxy groups -OCH3 is 1. The zero-order valence-electron chi connectivity index (χ0n) is 24.2. The van der Waals surface area contributed by atoms with Crippen LogP contribution in [0.5, 0.6) is 5.75 Å². The average molecular weight is 555 g/mol. The standard InChI is InChI=1S/C32H38N6O3/c1-32(2)19-38(22-12-8-9-13-22)28-26(37(3)30(32)40)18-33-31(36-28)35-24-15-14-21(16-27(24)41-4)29(39)34-25-17-23(25)20-10-6-5-7-11-20/h5-7,10-11,14-16,18,22-23,25H,8-9,12-13,17,19H2,1-4H3,(H,34,39)(H,33,35,36)/t23-,25+/m0/s1. The van der Waals surface area contributed by atoms with Gasteiger partial charge in [0.05, 0.1) is 24.4 Å². The van der Waals surface area contributed by atoms with Gasteiger partial charge in [0.1, 0.15) is 11.4 Å². The Labute approximate surface area is 241 Å². The summed E-state index contributed by atoms with van der Waals surface area (Å²) in [6, 6.07) is 16.1. The summed E-state index contributed by atoms with van der Waals surface area (Å²) in [7, 11) is 3.38. The molecule has 6 rings (SSSR count). The molecule has 2 N–H and O–H groups in total. The molecule has 9 nitrogen and oxygen atoms in total. The molecule has 2 aliphatic carbocycles. The Morgan fingerprint density at radius 2 is 1.85 bits per heavy atom. The summed E-state index contributed by atoms with van der Waals surface area (Å²) in [5, 5.41) is 6.44. The number of nitrogens with one attached hydrogen (secondary N) is 2.